The molecule has 1 saturated carbocycles. The molecule has 3 rings (SSSR count). The van der Waals surface area contributed by atoms with Crippen LogP contribution in [0.4, 0.5) is 0 Å². The Morgan fingerprint density at radius 1 is 1.16 bits per heavy atom. The zero-order valence-corrected chi connectivity index (χ0v) is 11.9. The zero-order valence-electron chi connectivity index (χ0n) is 11.0. The third-order valence-corrected chi connectivity index (χ3v) is 4.52. The van der Waals surface area contributed by atoms with Gasteiger partial charge in [0.15, 0.2) is 0 Å². The Hall–Kier alpha value is -1.16. The number of thiophene rings is 1. The lowest BCUT2D eigenvalue weighted by atomic mass is 10.1. The summed E-state index contributed by atoms with van der Waals surface area (Å²) >= 11 is 1.84. The van der Waals surface area contributed by atoms with Crippen molar-refractivity contribution < 1.29 is 0 Å². The minimum Gasteiger partial charge on any atom is -0.323 e. The topological polar surface area (TPSA) is 29.3 Å². The highest BCUT2D eigenvalue weighted by Gasteiger charge is 2.30. The molecule has 0 saturated heterocycles. The Labute approximate surface area is 118 Å². The van der Waals surface area contributed by atoms with Crippen molar-refractivity contribution in [2.24, 2.45) is 5.73 Å². The van der Waals surface area contributed by atoms with Crippen molar-refractivity contribution in [3.05, 3.63) is 58.3 Å². The fourth-order valence-corrected chi connectivity index (χ4v) is 3.17. The fraction of sp³-hybridized carbons (Fsp3) is 0.375. The summed E-state index contributed by atoms with van der Waals surface area (Å²) in [7, 11) is 0. The molecule has 2 aromatic rings. The van der Waals surface area contributed by atoms with Crippen LogP contribution in [-0.2, 0) is 6.54 Å². The van der Waals surface area contributed by atoms with E-state index in [9.17, 15) is 0 Å². The largest absolute Gasteiger partial charge is 0.323 e. The van der Waals surface area contributed by atoms with Crippen molar-refractivity contribution in [3.63, 3.8) is 0 Å². The Morgan fingerprint density at radius 3 is 2.58 bits per heavy atom. The van der Waals surface area contributed by atoms with Crippen molar-refractivity contribution in [2.45, 2.75) is 31.5 Å². The van der Waals surface area contributed by atoms with Crippen LogP contribution < -0.4 is 5.73 Å². The zero-order chi connectivity index (χ0) is 13.1. The van der Waals surface area contributed by atoms with Crippen molar-refractivity contribution in [3.8, 4) is 0 Å². The smallest absolute Gasteiger partial charge is 0.0424 e. The van der Waals surface area contributed by atoms with Crippen LogP contribution >= 0.6 is 11.3 Å². The molecule has 1 aromatic carbocycles. The van der Waals surface area contributed by atoms with Crippen LogP contribution in [-0.4, -0.2) is 17.5 Å². The Kier molecular flexibility index (Phi) is 3.97. The Morgan fingerprint density at radius 2 is 1.95 bits per heavy atom. The monoisotopic (exact) mass is 272 g/mol. The molecule has 19 heavy (non-hydrogen) atoms. The van der Waals surface area contributed by atoms with Gasteiger partial charge in [-0.15, -0.1) is 11.3 Å². The number of rotatable bonds is 6. The van der Waals surface area contributed by atoms with E-state index in [1.807, 2.05) is 17.4 Å². The van der Waals surface area contributed by atoms with E-state index in [0.29, 0.717) is 0 Å². The molecule has 1 unspecified atom stereocenters. The lowest BCUT2D eigenvalue weighted by molar-refractivity contribution is 0.241. The Balaban J connectivity index is 1.65. The fourth-order valence-electron chi connectivity index (χ4n) is 2.44. The van der Waals surface area contributed by atoms with Crippen molar-refractivity contribution >= 4 is 11.3 Å². The van der Waals surface area contributed by atoms with Crippen LogP contribution in [0.3, 0.4) is 0 Å². The summed E-state index contributed by atoms with van der Waals surface area (Å²) in [5.41, 5.74) is 7.59. The first-order valence-electron chi connectivity index (χ1n) is 6.90. The molecule has 1 heterocycles. The van der Waals surface area contributed by atoms with Gasteiger partial charge in [-0.2, -0.15) is 0 Å². The van der Waals surface area contributed by atoms with E-state index in [1.54, 1.807) is 0 Å². The summed E-state index contributed by atoms with van der Waals surface area (Å²) in [5.74, 6) is 0. The molecule has 100 valence electrons. The van der Waals surface area contributed by atoms with Gasteiger partial charge >= 0.3 is 0 Å². The van der Waals surface area contributed by atoms with Crippen molar-refractivity contribution in [2.75, 3.05) is 6.54 Å². The highest BCUT2D eigenvalue weighted by Crippen LogP contribution is 2.30. The summed E-state index contributed by atoms with van der Waals surface area (Å²) in [5, 5.41) is 2.15. The number of nitrogens with zero attached hydrogens (tertiary/aromatic N) is 1. The van der Waals surface area contributed by atoms with Gasteiger partial charge < -0.3 is 5.73 Å². The second-order valence-corrected chi connectivity index (χ2v) is 6.29. The average Bonchev–Trinajstić information content (AvgIpc) is 3.17. The molecule has 1 aliphatic carbocycles. The van der Waals surface area contributed by atoms with Gasteiger partial charge in [-0.3, -0.25) is 4.90 Å². The van der Waals surface area contributed by atoms with E-state index >= 15 is 0 Å². The maximum absolute atomic E-state index is 6.35. The molecule has 2 nitrogen and oxygen atoms in total. The maximum atomic E-state index is 6.35. The highest BCUT2D eigenvalue weighted by molar-refractivity contribution is 7.09. The summed E-state index contributed by atoms with van der Waals surface area (Å²) in [6.07, 6.45) is 2.65. The van der Waals surface area contributed by atoms with Gasteiger partial charge in [-0.05, 0) is 29.9 Å². The third kappa shape index (κ3) is 3.44. The van der Waals surface area contributed by atoms with Crippen molar-refractivity contribution in [1.29, 1.82) is 0 Å². The second kappa shape index (κ2) is 5.87. The molecule has 1 fully saturated rings. The predicted octanol–water partition coefficient (Wildman–Crippen LogP) is 3.41. The van der Waals surface area contributed by atoms with Crippen molar-refractivity contribution in [1.82, 2.24) is 4.90 Å². The molecule has 0 spiro atoms. The highest BCUT2D eigenvalue weighted by atomic mass is 32.1. The minimum atomic E-state index is 0.113. The van der Waals surface area contributed by atoms with Crippen LogP contribution in [0.25, 0.3) is 0 Å². The number of benzene rings is 1. The molecule has 1 atom stereocenters. The van der Waals surface area contributed by atoms with Crippen LogP contribution in [0, 0.1) is 0 Å². The van der Waals surface area contributed by atoms with Gasteiger partial charge in [0, 0.05) is 30.1 Å². The van der Waals surface area contributed by atoms with Crippen LogP contribution in [0.2, 0.25) is 0 Å². The molecule has 2 N–H and O–H groups in total. The number of nitrogens with two attached hydrogens (primary N) is 1. The molecule has 0 aliphatic heterocycles. The first kappa shape index (κ1) is 12.9. The van der Waals surface area contributed by atoms with Crippen LogP contribution in [0.5, 0.6) is 0 Å². The molecule has 1 aliphatic rings. The standard InChI is InChI=1S/C16H20N2S/c17-16(13-5-2-1-3-6-13)12-18(14-8-9-14)11-15-7-4-10-19-15/h1-7,10,14,16H,8-9,11-12,17H2. The SMILES string of the molecule is NC(CN(Cc1cccs1)C1CC1)c1ccccc1. The first-order chi connectivity index (χ1) is 9.33. The van der Waals surface area contributed by atoms with E-state index in [-0.39, 0.29) is 6.04 Å². The van der Waals surface area contributed by atoms with E-state index in [4.69, 9.17) is 5.73 Å². The second-order valence-electron chi connectivity index (χ2n) is 5.26. The minimum absolute atomic E-state index is 0.113. The number of hydrogen-bond donors (Lipinski definition) is 1. The molecule has 0 bridgehead atoms. The van der Waals surface area contributed by atoms with Gasteiger partial charge in [0.25, 0.3) is 0 Å². The van der Waals surface area contributed by atoms with E-state index in [0.717, 1.165) is 19.1 Å². The molecular weight excluding hydrogens is 252 g/mol. The number of hydrogen-bond acceptors (Lipinski definition) is 3. The predicted molar refractivity (Wildman–Crippen MR) is 81.1 cm³/mol. The van der Waals surface area contributed by atoms with Gasteiger partial charge in [0.05, 0.1) is 0 Å². The first-order valence-corrected chi connectivity index (χ1v) is 7.78. The van der Waals surface area contributed by atoms with Gasteiger partial charge in [-0.25, -0.2) is 0 Å². The summed E-state index contributed by atoms with van der Waals surface area (Å²) in [6, 6.07) is 15.6. The summed E-state index contributed by atoms with van der Waals surface area (Å²) < 4.78 is 0. The lowest BCUT2D eigenvalue weighted by Gasteiger charge is -2.25. The van der Waals surface area contributed by atoms with E-state index < -0.39 is 0 Å². The average molecular weight is 272 g/mol. The van der Waals surface area contributed by atoms with Crippen LogP contribution in [0.15, 0.2) is 47.8 Å². The quantitative estimate of drug-likeness (QED) is 0.873. The molecule has 0 radical (unpaired) electrons. The normalized spacial score (nSPS) is 16.7. The van der Waals surface area contributed by atoms with E-state index in [2.05, 4.69) is 46.7 Å². The van der Waals surface area contributed by atoms with Crippen LogP contribution in [0.1, 0.15) is 29.3 Å². The summed E-state index contributed by atoms with van der Waals surface area (Å²) in [4.78, 5) is 3.98. The summed E-state index contributed by atoms with van der Waals surface area (Å²) in [6.45, 7) is 2.00. The van der Waals surface area contributed by atoms with E-state index in [1.165, 1.54) is 23.3 Å². The molecule has 0 amide bonds. The Bertz CT molecular complexity index is 491. The molecular formula is C16H20N2S. The lowest BCUT2D eigenvalue weighted by Crippen LogP contribution is -2.33. The van der Waals surface area contributed by atoms with Gasteiger partial charge in [0.1, 0.15) is 0 Å². The third-order valence-electron chi connectivity index (χ3n) is 3.66. The molecule has 1 aromatic heterocycles. The van der Waals surface area contributed by atoms with Gasteiger partial charge in [-0.1, -0.05) is 36.4 Å². The maximum Gasteiger partial charge on any atom is 0.0424 e. The van der Waals surface area contributed by atoms with Gasteiger partial charge in [0.2, 0.25) is 0 Å². The molecule has 3 heteroatoms.